The minimum absolute atomic E-state index is 0.0941. The van der Waals surface area contributed by atoms with Gasteiger partial charge >= 0.3 is 0 Å². The summed E-state index contributed by atoms with van der Waals surface area (Å²) in [5.74, 6) is 0.473. The predicted octanol–water partition coefficient (Wildman–Crippen LogP) is 2.94. The Bertz CT molecular complexity index is 648. The summed E-state index contributed by atoms with van der Waals surface area (Å²) in [4.78, 5) is 19.3. The molecule has 0 N–H and O–H groups in total. The van der Waals surface area contributed by atoms with E-state index in [1.54, 1.807) is 22.2 Å². The van der Waals surface area contributed by atoms with Gasteiger partial charge in [0.05, 0.1) is 22.5 Å². The third-order valence-corrected chi connectivity index (χ3v) is 5.25. The Hall–Kier alpha value is -1.69. The first-order valence-corrected chi connectivity index (χ1v) is 8.85. The maximum Gasteiger partial charge on any atom is 0.257 e. The molecule has 3 heterocycles. The molecule has 6 heteroatoms. The fourth-order valence-electron chi connectivity index (χ4n) is 2.87. The number of aryl methyl sites for hydroxylation is 2. The van der Waals surface area contributed by atoms with Gasteiger partial charge in [0.2, 0.25) is 0 Å². The molecule has 1 fully saturated rings. The van der Waals surface area contributed by atoms with E-state index in [9.17, 15) is 4.79 Å². The van der Waals surface area contributed by atoms with E-state index in [1.165, 1.54) is 5.01 Å². The van der Waals surface area contributed by atoms with Crippen LogP contribution in [0.3, 0.4) is 0 Å². The monoisotopic (exact) mass is 318 g/mol. The van der Waals surface area contributed by atoms with Crippen LogP contribution in [0.4, 0.5) is 0 Å². The Labute approximate surface area is 135 Å². The maximum absolute atomic E-state index is 12.6. The van der Waals surface area contributed by atoms with Gasteiger partial charge in [-0.1, -0.05) is 6.92 Å². The summed E-state index contributed by atoms with van der Waals surface area (Å²) in [6.07, 6.45) is 6.65. The first kappa shape index (κ1) is 15.2. The van der Waals surface area contributed by atoms with Gasteiger partial charge in [0.15, 0.2) is 0 Å². The molecule has 0 aliphatic carbocycles. The van der Waals surface area contributed by atoms with Crippen molar-refractivity contribution in [1.82, 2.24) is 19.7 Å². The van der Waals surface area contributed by atoms with Crippen molar-refractivity contribution in [2.24, 2.45) is 0 Å². The molecule has 1 amide bonds. The lowest BCUT2D eigenvalue weighted by molar-refractivity contribution is 0.0707. The van der Waals surface area contributed by atoms with Crippen molar-refractivity contribution in [2.75, 3.05) is 13.1 Å². The van der Waals surface area contributed by atoms with Crippen LogP contribution in [0.5, 0.6) is 0 Å². The van der Waals surface area contributed by atoms with E-state index in [2.05, 4.69) is 17.4 Å². The maximum atomic E-state index is 12.6. The van der Waals surface area contributed by atoms with Gasteiger partial charge in [0, 0.05) is 37.1 Å². The number of hydrogen-bond donors (Lipinski definition) is 0. The Morgan fingerprint density at radius 3 is 3.00 bits per heavy atom. The molecule has 1 atom stereocenters. The van der Waals surface area contributed by atoms with Gasteiger partial charge < -0.3 is 4.90 Å². The summed E-state index contributed by atoms with van der Waals surface area (Å²) in [6, 6.07) is 0. The Kier molecular flexibility index (Phi) is 4.57. The molecule has 0 aromatic carbocycles. The van der Waals surface area contributed by atoms with E-state index in [1.807, 2.05) is 18.0 Å². The molecule has 22 heavy (non-hydrogen) atoms. The zero-order chi connectivity index (χ0) is 15.5. The number of likely N-dealkylation sites (tertiary alicyclic amines) is 1. The van der Waals surface area contributed by atoms with Crippen LogP contribution < -0.4 is 0 Å². The van der Waals surface area contributed by atoms with Crippen molar-refractivity contribution < 1.29 is 4.79 Å². The molecule has 3 rings (SSSR count). The summed E-state index contributed by atoms with van der Waals surface area (Å²) < 4.78 is 1.79. The van der Waals surface area contributed by atoms with Crippen LogP contribution in [0.2, 0.25) is 0 Å². The van der Waals surface area contributed by atoms with E-state index in [4.69, 9.17) is 4.98 Å². The highest BCUT2D eigenvalue weighted by Gasteiger charge is 2.27. The van der Waals surface area contributed by atoms with E-state index >= 15 is 0 Å². The lowest BCUT2D eigenvalue weighted by atomic mass is 9.98. The smallest absolute Gasteiger partial charge is 0.257 e. The summed E-state index contributed by atoms with van der Waals surface area (Å²) in [7, 11) is 0. The van der Waals surface area contributed by atoms with Gasteiger partial charge in [0.25, 0.3) is 5.91 Å². The molecule has 0 bridgehead atoms. The van der Waals surface area contributed by atoms with Crippen LogP contribution >= 0.6 is 11.3 Å². The molecule has 2 aromatic heterocycles. The standard InChI is InChI=1S/C16H22N4OS/c1-3-14-11-22-15(18-14)12-6-5-7-19(9-12)16(21)13-8-17-20(4-2)10-13/h8,10-12H,3-7,9H2,1-2H3/t12-/m0/s1. The molecule has 1 aliphatic rings. The molecule has 2 aromatic rings. The minimum atomic E-state index is 0.0941. The largest absolute Gasteiger partial charge is 0.338 e. The lowest BCUT2D eigenvalue weighted by Gasteiger charge is -2.31. The molecular weight excluding hydrogens is 296 g/mol. The summed E-state index contributed by atoms with van der Waals surface area (Å²) in [5.41, 5.74) is 1.85. The summed E-state index contributed by atoms with van der Waals surface area (Å²) in [6.45, 7) is 6.53. The highest BCUT2D eigenvalue weighted by Crippen LogP contribution is 2.30. The fourth-order valence-corrected chi connectivity index (χ4v) is 3.90. The SMILES string of the molecule is CCc1csc([C@H]2CCCN(C(=O)c3cnn(CC)c3)C2)n1. The second-order valence-corrected chi connectivity index (χ2v) is 6.60. The first-order chi connectivity index (χ1) is 10.7. The highest BCUT2D eigenvalue weighted by atomic mass is 32.1. The lowest BCUT2D eigenvalue weighted by Crippen LogP contribution is -2.39. The van der Waals surface area contributed by atoms with Crippen molar-refractivity contribution in [1.29, 1.82) is 0 Å². The van der Waals surface area contributed by atoms with Crippen LogP contribution in [-0.4, -0.2) is 38.7 Å². The topological polar surface area (TPSA) is 51.0 Å². The van der Waals surface area contributed by atoms with Crippen molar-refractivity contribution in [3.05, 3.63) is 34.0 Å². The van der Waals surface area contributed by atoms with E-state index in [-0.39, 0.29) is 5.91 Å². The quantitative estimate of drug-likeness (QED) is 0.871. The number of amides is 1. The number of carbonyl (C=O) groups excluding carboxylic acids is 1. The molecule has 1 aliphatic heterocycles. The van der Waals surface area contributed by atoms with Crippen LogP contribution in [0.25, 0.3) is 0 Å². The molecule has 0 unspecified atom stereocenters. The normalized spacial score (nSPS) is 18.6. The van der Waals surface area contributed by atoms with Crippen molar-refractivity contribution >= 4 is 17.2 Å². The van der Waals surface area contributed by atoms with E-state index in [0.717, 1.165) is 44.6 Å². The number of piperidine rings is 1. The van der Waals surface area contributed by atoms with Crippen molar-refractivity contribution in [2.45, 2.75) is 45.6 Å². The molecule has 0 radical (unpaired) electrons. The minimum Gasteiger partial charge on any atom is -0.338 e. The van der Waals surface area contributed by atoms with Crippen LogP contribution in [0, 0.1) is 0 Å². The Morgan fingerprint density at radius 2 is 2.32 bits per heavy atom. The van der Waals surface area contributed by atoms with Crippen LogP contribution in [0.15, 0.2) is 17.8 Å². The Balaban J connectivity index is 1.70. The molecule has 5 nitrogen and oxygen atoms in total. The van der Waals surface area contributed by atoms with E-state index < -0.39 is 0 Å². The second-order valence-electron chi connectivity index (χ2n) is 5.71. The zero-order valence-corrected chi connectivity index (χ0v) is 14.0. The molecule has 0 saturated carbocycles. The van der Waals surface area contributed by atoms with Gasteiger partial charge in [-0.2, -0.15) is 5.10 Å². The fraction of sp³-hybridized carbons (Fsp3) is 0.562. The van der Waals surface area contributed by atoms with E-state index in [0.29, 0.717) is 11.5 Å². The summed E-state index contributed by atoms with van der Waals surface area (Å²) >= 11 is 1.73. The number of carbonyl (C=O) groups is 1. The second kappa shape index (κ2) is 6.60. The highest BCUT2D eigenvalue weighted by molar-refractivity contribution is 7.09. The predicted molar refractivity (Wildman–Crippen MR) is 87.3 cm³/mol. The number of thiazole rings is 1. The average molecular weight is 318 g/mol. The average Bonchev–Trinajstić information content (AvgIpc) is 3.23. The third-order valence-electron chi connectivity index (χ3n) is 4.19. The van der Waals surface area contributed by atoms with Crippen molar-refractivity contribution in [3.8, 4) is 0 Å². The number of rotatable bonds is 4. The van der Waals surface area contributed by atoms with Gasteiger partial charge in [-0.05, 0) is 26.2 Å². The number of nitrogens with zero attached hydrogens (tertiary/aromatic N) is 4. The van der Waals surface area contributed by atoms with Gasteiger partial charge in [-0.15, -0.1) is 11.3 Å². The molecule has 1 saturated heterocycles. The first-order valence-electron chi connectivity index (χ1n) is 7.97. The third kappa shape index (κ3) is 3.06. The van der Waals surface area contributed by atoms with Crippen LogP contribution in [0.1, 0.15) is 53.7 Å². The molecule has 118 valence electrons. The van der Waals surface area contributed by atoms with Gasteiger partial charge in [-0.3, -0.25) is 9.48 Å². The van der Waals surface area contributed by atoms with Gasteiger partial charge in [-0.25, -0.2) is 4.98 Å². The molecular formula is C16H22N4OS. The summed E-state index contributed by atoms with van der Waals surface area (Å²) in [5, 5.41) is 7.52. The zero-order valence-electron chi connectivity index (χ0n) is 13.2. The number of aromatic nitrogens is 3. The molecule has 0 spiro atoms. The van der Waals surface area contributed by atoms with Gasteiger partial charge in [0.1, 0.15) is 0 Å². The number of hydrogen-bond acceptors (Lipinski definition) is 4. The Morgan fingerprint density at radius 1 is 1.45 bits per heavy atom. The van der Waals surface area contributed by atoms with Crippen LogP contribution in [-0.2, 0) is 13.0 Å². The van der Waals surface area contributed by atoms with Crippen molar-refractivity contribution in [3.63, 3.8) is 0 Å².